The molecule has 2 rings (SSSR count). The Morgan fingerprint density at radius 1 is 1.36 bits per heavy atom. The van der Waals surface area contributed by atoms with E-state index in [1.54, 1.807) is 29.4 Å². The van der Waals surface area contributed by atoms with Gasteiger partial charge in [-0.2, -0.15) is 0 Å². The van der Waals surface area contributed by atoms with Gasteiger partial charge in [0.15, 0.2) is 0 Å². The molecule has 2 nitrogen and oxygen atoms in total. The minimum Gasteiger partial charge on any atom is -0.235 e. The van der Waals surface area contributed by atoms with Crippen LogP contribution in [0, 0.1) is 0 Å². The van der Waals surface area contributed by atoms with Gasteiger partial charge >= 0.3 is 0 Å². The maximum absolute atomic E-state index is 4.16. The van der Waals surface area contributed by atoms with E-state index in [1.807, 2.05) is 11.6 Å². The fourth-order valence-corrected chi connectivity index (χ4v) is 2.29. The van der Waals surface area contributed by atoms with Gasteiger partial charge in [0, 0.05) is 16.1 Å². The molecule has 11 heavy (non-hydrogen) atoms. The van der Waals surface area contributed by atoms with Crippen molar-refractivity contribution in [2.75, 3.05) is 6.26 Å². The zero-order valence-electron chi connectivity index (χ0n) is 5.94. The van der Waals surface area contributed by atoms with Crippen LogP contribution in [-0.4, -0.2) is 16.2 Å². The predicted molar refractivity (Wildman–Crippen MR) is 49.2 cm³/mol. The van der Waals surface area contributed by atoms with E-state index in [-0.39, 0.29) is 0 Å². The molecule has 0 aromatic carbocycles. The standard InChI is InChI=1S/C7H6N2S2/c1-10-7-5-2-11-3-6(5)8-4-9-7/h2-4H,1H3. The lowest BCUT2D eigenvalue weighted by molar-refractivity contribution is 1.11. The molecular formula is C7H6N2S2. The van der Waals surface area contributed by atoms with Crippen molar-refractivity contribution < 1.29 is 0 Å². The molecule has 0 bridgehead atoms. The van der Waals surface area contributed by atoms with E-state index >= 15 is 0 Å². The smallest absolute Gasteiger partial charge is 0.117 e. The lowest BCUT2D eigenvalue weighted by Crippen LogP contribution is -1.81. The van der Waals surface area contributed by atoms with Gasteiger partial charge in [-0.25, -0.2) is 9.97 Å². The van der Waals surface area contributed by atoms with Crippen LogP contribution < -0.4 is 0 Å². The molecule has 0 aliphatic heterocycles. The van der Waals surface area contributed by atoms with Crippen LogP contribution in [0.2, 0.25) is 0 Å². The molecule has 0 radical (unpaired) electrons. The SMILES string of the molecule is CSc1ncnc2cscc12. The average molecular weight is 182 g/mol. The van der Waals surface area contributed by atoms with Gasteiger partial charge in [0.2, 0.25) is 0 Å². The molecule has 4 heteroatoms. The van der Waals surface area contributed by atoms with E-state index in [1.165, 1.54) is 5.39 Å². The Kier molecular flexibility index (Phi) is 1.79. The topological polar surface area (TPSA) is 25.8 Å². The van der Waals surface area contributed by atoms with Crippen molar-refractivity contribution in [1.29, 1.82) is 0 Å². The molecule has 2 aromatic rings. The fraction of sp³-hybridized carbons (Fsp3) is 0.143. The molecular weight excluding hydrogens is 176 g/mol. The first-order valence-electron chi connectivity index (χ1n) is 3.12. The molecule has 0 aliphatic carbocycles. The van der Waals surface area contributed by atoms with Gasteiger partial charge < -0.3 is 0 Å². The predicted octanol–water partition coefficient (Wildman–Crippen LogP) is 2.41. The van der Waals surface area contributed by atoms with E-state index in [0.717, 1.165) is 10.5 Å². The summed E-state index contributed by atoms with van der Waals surface area (Å²) in [7, 11) is 0. The molecule has 0 N–H and O–H groups in total. The van der Waals surface area contributed by atoms with Crippen molar-refractivity contribution >= 4 is 34.0 Å². The second-order valence-electron chi connectivity index (χ2n) is 2.05. The summed E-state index contributed by atoms with van der Waals surface area (Å²) in [5, 5.41) is 6.36. The first-order chi connectivity index (χ1) is 5.42. The Morgan fingerprint density at radius 2 is 2.27 bits per heavy atom. The zero-order valence-corrected chi connectivity index (χ0v) is 7.58. The molecule has 0 unspecified atom stereocenters. The Bertz CT molecular complexity index is 369. The summed E-state index contributed by atoms with van der Waals surface area (Å²) < 4.78 is 0. The molecule has 0 aliphatic rings. The minimum absolute atomic E-state index is 1.05. The van der Waals surface area contributed by atoms with E-state index in [4.69, 9.17) is 0 Å². The first-order valence-corrected chi connectivity index (χ1v) is 5.29. The monoisotopic (exact) mass is 182 g/mol. The second-order valence-corrected chi connectivity index (χ2v) is 3.59. The van der Waals surface area contributed by atoms with E-state index < -0.39 is 0 Å². The third-order valence-electron chi connectivity index (χ3n) is 1.44. The number of fused-ring (bicyclic) bond motifs is 1. The van der Waals surface area contributed by atoms with Crippen LogP contribution >= 0.6 is 23.1 Å². The first kappa shape index (κ1) is 7.06. The number of thioether (sulfide) groups is 1. The molecule has 2 heterocycles. The Morgan fingerprint density at radius 3 is 3.09 bits per heavy atom. The summed E-state index contributed by atoms with van der Waals surface area (Å²) >= 11 is 3.33. The quantitative estimate of drug-likeness (QED) is 0.500. The Hall–Kier alpha value is -0.610. The van der Waals surface area contributed by atoms with E-state index in [9.17, 15) is 0 Å². The maximum atomic E-state index is 4.16. The number of hydrogen-bond donors (Lipinski definition) is 0. The molecule has 56 valence electrons. The summed E-state index contributed by atoms with van der Waals surface area (Å²) in [6.07, 6.45) is 3.64. The largest absolute Gasteiger partial charge is 0.235 e. The highest BCUT2D eigenvalue weighted by molar-refractivity contribution is 7.98. The van der Waals surface area contributed by atoms with Crippen LogP contribution in [0.15, 0.2) is 22.1 Å². The van der Waals surface area contributed by atoms with Crippen molar-refractivity contribution in [3.05, 3.63) is 17.1 Å². The molecule has 0 saturated heterocycles. The van der Waals surface area contributed by atoms with Gasteiger partial charge in [0.25, 0.3) is 0 Å². The Balaban J connectivity index is 2.79. The van der Waals surface area contributed by atoms with Crippen molar-refractivity contribution in [2.45, 2.75) is 5.03 Å². The third-order valence-corrected chi connectivity index (χ3v) is 2.88. The summed E-state index contributed by atoms with van der Waals surface area (Å²) in [6, 6.07) is 0. The molecule has 0 saturated carbocycles. The van der Waals surface area contributed by atoms with Crippen LogP contribution in [0.4, 0.5) is 0 Å². The van der Waals surface area contributed by atoms with E-state index in [0.29, 0.717) is 0 Å². The summed E-state index contributed by atoms with van der Waals surface area (Å²) in [5.74, 6) is 0. The number of hydrogen-bond acceptors (Lipinski definition) is 4. The van der Waals surface area contributed by atoms with Crippen LogP contribution in [0.3, 0.4) is 0 Å². The molecule has 0 amide bonds. The van der Waals surface area contributed by atoms with Gasteiger partial charge in [-0.15, -0.1) is 23.1 Å². The number of nitrogens with zero attached hydrogens (tertiary/aromatic N) is 2. The van der Waals surface area contributed by atoms with Crippen molar-refractivity contribution in [3.63, 3.8) is 0 Å². The number of aromatic nitrogens is 2. The molecule has 0 atom stereocenters. The average Bonchev–Trinajstić information content (AvgIpc) is 2.50. The molecule has 0 spiro atoms. The second kappa shape index (κ2) is 2.79. The van der Waals surface area contributed by atoms with Crippen molar-refractivity contribution in [1.82, 2.24) is 9.97 Å². The van der Waals surface area contributed by atoms with Gasteiger partial charge in [-0.1, -0.05) is 0 Å². The highest BCUT2D eigenvalue weighted by atomic mass is 32.2. The van der Waals surface area contributed by atoms with Gasteiger partial charge in [0.05, 0.1) is 5.52 Å². The highest BCUT2D eigenvalue weighted by Gasteiger charge is 2.01. The van der Waals surface area contributed by atoms with Crippen LogP contribution in [0.25, 0.3) is 10.9 Å². The van der Waals surface area contributed by atoms with Gasteiger partial charge in [0.1, 0.15) is 11.4 Å². The van der Waals surface area contributed by atoms with Crippen molar-refractivity contribution in [2.24, 2.45) is 0 Å². The lowest BCUT2D eigenvalue weighted by Gasteiger charge is -1.94. The van der Waals surface area contributed by atoms with Crippen LogP contribution in [0.1, 0.15) is 0 Å². The zero-order chi connectivity index (χ0) is 7.68. The molecule has 2 aromatic heterocycles. The van der Waals surface area contributed by atoms with Gasteiger partial charge in [-0.3, -0.25) is 0 Å². The summed E-state index contributed by atoms with van der Waals surface area (Å²) in [4.78, 5) is 8.29. The lowest BCUT2D eigenvalue weighted by atomic mass is 10.4. The van der Waals surface area contributed by atoms with Crippen molar-refractivity contribution in [3.8, 4) is 0 Å². The highest BCUT2D eigenvalue weighted by Crippen LogP contribution is 2.24. The summed E-state index contributed by atoms with van der Waals surface area (Å²) in [5.41, 5.74) is 1.05. The minimum atomic E-state index is 1.05. The molecule has 0 fully saturated rings. The normalized spacial score (nSPS) is 10.6. The van der Waals surface area contributed by atoms with Crippen LogP contribution in [-0.2, 0) is 0 Å². The fourth-order valence-electron chi connectivity index (χ4n) is 0.926. The van der Waals surface area contributed by atoms with Crippen LogP contribution in [0.5, 0.6) is 0 Å². The third kappa shape index (κ3) is 1.12. The summed E-state index contributed by atoms with van der Waals surface area (Å²) in [6.45, 7) is 0. The van der Waals surface area contributed by atoms with Gasteiger partial charge in [-0.05, 0) is 6.26 Å². The number of thiophene rings is 1. The number of rotatable bonds is 1. The maximum Gasteiger partial charge on any atom is 0.117 e. The Labute approximate surface area is 72.7 Å². The van der Waals surface area contributed by atoms with E-state index in [2.05, 4.69) is 15.3 Å².